The number of hydrogen-bond donors (Lipinski definition) is 1. The largest absolute Gasteiger partial charge is 0.493 e. The second-order valence-corrected chi connectivity index (χ2v) is 5.16. The molecule has 1 aliphatic rings. The normalized spacial score (nSPS) is 19.8. The van der Waals surface area contributed by atoms with E-state index in [0.717, 1.165) is 12.2 Å². The summed E-state index contributed by atoms with van der Waals surface area (Å²) in [4.78, 5) is 12.0. The number of para-hydroxylation sites is 1. The molecule has 1 aromatic carbocycles. The maximum absolute atomic E-state index is 12.0. The van der Waals surface area contributed by atoms with Gasteiger partial charge in [-0.3, -0.25) is 4.79 Å². The van der Waals surface area contributed by atoms with E-state index in [1.807, 2.05) is 25.1 Å². The molecular weight excluding hydrogens is 226 g/mol. The lowest BCUT2D eigenvalue weighted by atomic mass is 9.87. The van der Waals surface area contributed by atoms with Gasteiger partial charge in [0.1, 0.15) is 11.5 Å². The van der Waals surface area contributed by atoms with Gasteiger partial charge < -0.3 is 10.5 Å². The van der Waals surface area contributed by atoms with Gasteiger partial charge in [-0.2, -0.15) is 0 Å². The Bertz CT molecular complexity index is 417. The number of Topliss-reactive ketones (excluding diaryl/α,β-unsaturated/α-hetero) is 1. The van der Waals surface area contributed by atoms with Crippen molar-refractivity contribution < 1.29 is 9.53 Å². The van der Waals surface area contributed by atoms with Gasteiger partial charge >= 0.3 is 0 Å². The third kappa shape index (κ3) is 3.10. The van der Waals surface area contributed by atoms with Crippen molar-refractivity contribution in [1.82, 2.24) is 0 Å². The monoisotopic (exact) mass is 247 g/mol. The second kappa shape index (κ2) is 6.01. The standard InChI is InChI=1S/C15H21NO2/c1-11(10-16)8-13(17)9-12-6-7-18-15-5-3-2-4-14(12)15/h2-5,11-12H,6-10,16H2,1H3. The van der Waals surface area contributed by atoms with Crippen molar-refractivity contribution in [2.45, 2.75) is 32.1 Å². The van der Waals surface area contributed by atoms with Crippen molar-refractivity contribution in [2.75, 3.05) is 13.2 Å². The Hall–Kier alpha value is -1.35. The average molecular weight is 247 g/mol. The number of carbonyl (C=O) groups is 1. The minimum atomic E-state index is 0.285. The average Bonchev–Trinajstić information content (AvgIpc) is 2.39. The lowest BCUT2D eigenvalue weighted by Crippen LogP contribution is -2.20. The van der Waals surface area contributed by atoms with Gasteiger partial charge in [-0.05, 0) is 36.4 Å². The molecule has 1 heterocycles. The van der Waals surface area contributed by atoms with Crippen LogP contribution in [0.2, 0.25) is 0 Å². The van der Waals surface area contributed by atoms with Gasteiger partial charge in [-0.1, -0.05) is 25.1 Å². The van der Waals surface area contributed by atoms with Crippen LogP contribution in [0, 0.1) is 5.92 Å². The predicted octanol–water partition coefficient (Wildman–Crippen LogP) is 2.50. The molecule has 2 unspecified atom stereocenters. The first-order chi connectivity index (χ1) is 8.70. The van der Waals surface area contributed by atoms with Crippen LogP contribution in [0.5, 0.6) is 5.75 Å². The van der Waals surface area contributed by atoms with Gasteiger partial charge in [0.15, 0.2) is 0 Å². The topological polar surface area (TPSA) is 52.3 Å². The molecule has 2 N–H and O–H groups in total. The van der Waals surface area contributed by atoms with Crippen molar-refractivity contribution >= 4 is 5.78 Å². The molecule has 0 saturated heterocycles. The molecule has 3 nitrogen and oxygen atoms in total. The number of carbonyl (C=O) groups excluding carboxylic acids is 1. The number of fused-ring (bicyclic) bond motifs is 1. The first kappa shape index (κ1) is 13.1. The molecule has 0 radical (unpaired) electrons. The fourth-order valence-corrected chi connectivity index (χ4v) is 2.46. The van der Waals surface area contributed by atoms with E-state index in [9.17, 15) is 4.79 Å². The summed E-state index contributed by atoms with van der Waals surface area (Å²) >= 11 is 0. The van der Waals surface area contributed by atoms with E-state index in [4.69, 9.17) is 10.5 Å². The van der Waals surface area contributed by atoms with Gasteiger partial charge in [-0.15, -0.1) is 0 Å². The number of ether oxygens (including phenoxy) is 1. The number of hydrogen-bond acceptors (Lipinski definition) is 3. The van der Waals surface area contributed by atoms with Crippen LogP contribution in [-0.2, 0) is 4.79 Å². The van der Waals surface area contributed by atoms with Crippen LogP contribution >= 0.6 is 0 Å². The van der Waals surface area contributed by atoms with Gasteiger partial charge in [0.05, 0.1) is 6.61 Å². The van der Waals surface area contributed by atoms with E-state index in [0.29, 0.717) is 37.7 Å². The smallest absolute Gasteiger partial charge is 0.133 e. The molecule has 0 spiro atoms. The number of benzene rings is 1. The number of rotatable bonds is 5. The van der Waals surface area contributed by atoms with E-state index in [2.05, 4.69) is 6.07 Å². The molecule has 2 rings (SSSR count). The molecule has 1 aromatic rings. The van der Waals surface area contributed by atoms with Crippen LogP contribution in [0.3, 0.4) is 0 Å². The molecule has 0 amide bonds. The zero-order valence-corrected chi connectivity index (χ0v) is 10.9. The molecule has 0 bridgehead atoms. The highest BCUT2D eigenvalue weighted by molar-refractivity contribution is 5.79. The molecule has 98 valence electrons. The Morgan fingerprint density at radius 2 is 2.28 bits per heavy atom. The fraction of sp³-hybridized carbons (Fsp3) is 0.533. The van der Waals surface area contributed by atoms with Crippen LogP contribution in [0.1, 0.15) is 37.7 Å². The van der Waals surface area contributed by atoms with E-state index >= 15 is 0 Å². The lowest BCUT2D eigenvalue weighted by Gasteiger charge is -2.25. The summed E-state index contributed by atoms with van der Waals surface area (Å²) in [7, 11) is 0. The van der Waals surface area contributed by atoms with E-state index in [-0.39, 0.29) is 5.92 Å². The highest BCUT2D eigenvalue weighted by atomic mass is 16.5. The van der Waals surface area contributed by atoms with Gasteiger partial charge in [0, 0.05) is 12.8 Å². The van der Waals surface area contributed by atoms with Crippen LogP contribution < -0.4 is 10.5 Å². The Kier molecular flexibility index (Phi) is 4.37. The second-order valence-electron chi connectivity index (χ2n) is 5.16. The fourth-order valence-electron chi connectivity index (χ4n) is 2.46. The Morgan fingerprint density at radius 3 is 3.06 bits per heavy atom. The SMILES string of the molecule is CC(CN)CC(=O)CC1CCOc2ccccc21. The molecular formula is C15H21NO2. The molecule has 0 fully saturated rings. The predicted molar refractivity (Wildman–Crippen MR) is 71.8 cm³/mol. The summed E-state index contributed by atoms with van der Waals surface area (Å²) in [5.74, 6) is 1.85. The quantitative estimate of drug-likeness (QED) is 0.869. The third-order valence-electron chi connectivity index (χ3n) is 3.54. The Morgan fingerprint density at radius 1 is 1.50 bits per heavy atom. The van der Waals surface area contributed by atoms with Gasteiger partial charge in [0.2, 0.25) is 0 Å². The molecule has 1 aliphatic heterocycles. The summed E-state index contributed by atoms with van der Waals surface area (Å²) in [5, 5.41) is 0. The number of nitrogens with two attached hydrogens (primary N) is 1. The Labute approximate surface area is 108 Å². The molecule has 2 atom stereocenters. The summed E-state index contributed by atoms with van der Waals surface area (Å²) < 4.78 is 5.61. The Balaban J connectivity index is 2.01. The molecule has 0 saturated carbocycles. The summed E-state index contributed by atoms with van der Waals surface area (Å²) in [6, 6.07) is 8.03. The van der Waals surface area contributed by atoms with Crippen LogP contribution in [0.15, 0.2) is 24.3 Å². The van der Waals surface area contributed by atoms with E-state index in [1.54, 1.807) is 0 Å². The van der Waals surface area contributed by atoms with Crippen LogP contribution in [0.25, 0.3) is 0 Å². The summed E-state index contributed by atoms with van der Waals surface area (Å²) in [6.45, 7) is 3.31. The highest BCUT2D eigenvalue weighted by Crippen LogP contribution is 2.35. The summed E-state index contributed by atoms with van der Waals surface area (Å²) in [5.41, 5.74) is 6.74. The first-order valence-corrected chi connectivity index (χ1v) is 6.64. The van der Waals surface area contributed by atoms with Crippen molar-refractivity contribution in [1.29, 1.82) is 0 Å². The van der Waals surface area contributed by atoms with E-state index in [1.165, 1.54) is 5.56 Å². The van der Waals surface area contributed by atoms with Crippen molar-refractivity contribution in [3.8, 4) is 5.75 Å². The van der Waals surface area contributed by atoms with Crippen molar-refractivity contribution in [3.05, 3.63) is 29.8 Å². The van der Waals surface area contributed by atoms with Gasteiger partial charge in [-0.25, -0.2) is 0 Å². The summed E-state index contributed by atoms with van der Waals surface area (Å²) in [6.07, 6.45) is 2.14. The maximum atomic E-state index is 12.0. The zero-order valence-electron chi connectivity index (χ0n) is 10.9. The minimum absolute atomic E-state index is 0.285. The zero-order chi connectivity index (χ0) is 13.0. The van der Waals surface area contributed by atoms with Crippen molar-refractivity contribution in [2.24, 2.45) is 11.7 Å². The lowest BCUT2D eigenvalue weighted by molar-refractivity contribution is -0.120. The first-order valence-electron chi connectivity index (χ1n) is 6.64. The molecule has 0 aliphatic carbocycles. The van der Waals surface area contributed by atoms with Gasteiger partial charge in [0.25, 0.3) is 0 Å². The number of ketones is 1. The van der Waals surface area contributed by atoms with Crippen molar-refractivity contribution in [3.63, 3.8) is 0 Å². The van der Waals surface area contributed by atoms with Crippen LogP contribution in [-0.4, -0.2) is 18.9 Å². The maximum Gasteiger partial charge on any atom is 0.133 e. The molecule has 18 heavy (non-hydrogen) atoms. The molecule has 0 aromatic heterocycles. The van der Waals surface area contributed by atoms with Crippen LogP contribution in [0.4, 0.5) is 0 Å². The highest BCUT2D eigenvalue weighted by Gasteiger charge is 2.23. The minimum Gasteiger partial charge on any atom is -0.493 e. The van der Waals surface area contributed by atoms with E-state index < -0.39 is 0 Å². The molecule has 3 heteroatoms. The third-order valence-corrected chi connectivity index (χ3v) is 3.54.